The summed E-state index contributed by atoms with van der Waals surface area (Å²) in [6, 6.07) is 6.07. The van der Waals surface area contributed by atoms with Crippen LogP contribution in [0.15, 0.2) is 24.3 Å². The standard InChI is InChI=1S/C12H18FNO3S/c1-12(2,15)9-14-18(16,17)8-7-10-5-3-4-6-11(10)13/h3-6,14-15H,7-9H2,1-2H3. The molecule has 0 aliphatic rings. The summed E-state index contributed by atoms with van der Waals surface area (Å²) in [4.78, 5) is 0. The van der Waals surface area contributed by atoms with Crippen molar-refractivity contribution in [1.29, 1.82) is 0 Å². The van der Waals surface area contributed by atoms with Gasteiger partial charge in [0.15, 0.2) is 0 Å². The Morgan fingerprint density at radius 2 is 1.94 bits per heavy atom. The summed E-state index contributed by atoms with van der Waals surface area (Å²) in [5, 5.41) is 9.42. The first-order valence-electron chi connectivity index (χ1n) is 5.63. The number of aryl methyl sites for hydroxylation is 1. The van der Waals surface area contributed by atoms with Crippen LogP contribution in [0, 0.1) is 5.82 Å². The number of hydrogen-bond donors (Lipinski definition) is 2. The average molecular weight is 275 g/mol. The Hall–Kier alpha value is -0.980. The highest BCUT2D eigenvalue weighted by molar-refractivity contribution is 7.89. The molecule has 0 fully saturated rings. The largest absolute Gasteiger partial charge is 0.389 e. The Labute approximate surface area is 107 Å². The molecule has 1 aromatic rings. The number of hydrogen-bond acceptors (Lipinski definition) is 3. The molecule has 0 aromatic heterocycles. The molecule has 1 aromatic carbocycles. The number of sulfonamides is 1. The molecule has 102 valence electrons. The third-order valence-electron chi connectivity index (χ3n) is 2.32. The van der Waals surface area contributed by atoms with Gasteiger partial charge in [-0.15, -0.1) is 0 Å². The van der Waals surface area contributed by atoms with Crippen molar-refractivity contribution in [2.75, 3.05) is 12.3 Å². The molecule has 0 unspecified atom stereocenters. The van der Waals surface area contributed by atoms with Gasteiger partial charge in [0, 0.05) is 6.54 Å². The Kier molecular flexibility index (Phi) is 4.84. The second kappa shape index (κ2) is 5.77. The molecule has 4 nitrogen and oxygen atoms in total. The first-order valence-corrected chi connectivity index (χ1v) is 7.28. The molecule has 0 spiro atoms. The first-order chi connectivity index (χ1) is 8.20. The van der Waals surface area contributed by atoms with E-state index < -0.39 is 21.4 Å². The van der Waals surface area contributed by atoms with Crippen molar-refractivity contribution in [2.45, 2.75) is 25.9 Å². The van der Waals surface area contributed by atoms with E-state index in [0.717, 1.165) is 0 Å². The third-order valence-corrected chi connectivity index (χ3v) is 3.65. The number of rotatable bonds is 6. The zero-order chi connectivity index (χ0) is 13.8. The predicted molar refractivity (Wildman–Crippen MR) is 68.2 cm³/mol. The van der Waals surface area contributed by atoms with Crippen molar-refractivity contribution in [3.63, 3.8) is 0 Å². The van der Waals surface area contributed by atoms with Gasteiger partial charge in [-0.3, -0.25) is 0 Å². The number of halogens is 1. The van der Waals surface area contributed by atoms with E-state index in [2.05, 4.69) is 4.72 Å². The van der Waals surface area contributed by atoms with E-state index in [1.165, 1.54) is 19.9 Å². The zero-order valence-corrected chi connectivity index (χ0v) is 11.3. The summed E-state index contributed by atoms with van der Waals surface area (Å²) >= 11 is 0. The fourth-order valence-corrected chi connectivity index (χ4v) is 2.51. The van der Waals surface area contributed by atoms with Crippen molar-refractivity contribution in [3.05, 3.63) is 35.6 Å². The molecule has 0 saturated carbocycles. The van der Waals surface area contributed by atoms with Crippen LogP contribution < -0.4 is 4.72 Å². The fraction of sp³-hybridized carbons (Fsp3) is 0.500. The monoisotopic (exact) mass is 275 g/mol. The smallest absolute Gasteiger partial charge is 0.212 e. The molecule has 0 saturated heterocycles. The molecular weight excluding hydrogens is 257 g/mol. The quantitative estimate of drug-likeness (QED) is 0.816. The van der Waals surface area contributed by atoms with Crippen LogP contribution in [0.1, 0.15) is 19.4 Å². The predicted octanol–water partition coefficient (Wildman–Crippen LogP) is 1.06. The molecule has 0 radical (unpaired) electrons. The summed E-state index contributed by atoms with van der Waals surface area (Å²) in [5.74, 6) is -0.612. The van der Waals surface area contributed by atoms with Crippen LogP contribution in [-0.4, -0.2) is 31.4 Å². The Morgan fingerprint density at radius 3 is 2.50 bits per heavy atom. The summed E-state index contributed by atoms with van der Waals surface area (Å²) in [5.41, 5.74) is -0.739. The van der Waals surface area contributed by atoms with Crippen LogP contribution in [0.3, 0.4) is 0 Å². The van der Waals surface area contributed by atoms with Crippen molar-refractivity contribution in [3.8, 4) is 0 Å². The lowest BCUT2D eigenvalue weighted by molar-refractivity contribution is 0.0857. The molecule has 1 rings (SSSR count). The molecule has 0 atom stereocenters. The highest BCUT2D eigenvalue weighted by Gasteiger charge is 2.18. The van der Waals surface area contributed by atoms with Gasteiger partial charge >= 0.3 is 0 Å². The number of nitrogens with one attached hydrogen (secondary N) is 1. The minimum Gasteiger partial charge on any atom is -0.389 e. The second-order valence-corrected chi connectivity index (χ2v) is 6.72. The van der Waals surface area contributed by atoms with Crippen LogP contribution in [0.5, 0.6) is 0 Å². The van der Waals surface area contributed by atoms with Crippen LogP contribution >= 0.6 is 0 Å². The molecule has 0 amide bonds. The van der Waals surface area contributed by atoms with Crippen molar-refractivity contribution < 1.29 is 17.9 Å². The lowest BCUT2D eigenvalue weighted by Crippen LogP contribution is -2.39. The van der Waals surface area contributed by atoms with Crippen molar-refractivity contribution >= 4 is 10.0 Å². The van der Waals surface area contributed by atoms with E-state index in [9.17, 15) is 17.9 Å². The van der Waals surface area contributed by atoms with Crippen LogP contribution in [0.2, 0.25) is 0 Å². The lowest BCUT2D eigenvalue weighted by Gasteiger charge is -2.17. The molecule has 0 aliphatic heterocycles. The van der Waals surface area contributed by atoms with Gasteiger partial charge < -0.3 is 5.11 Å². The highest BCUT2D eigenvalue weighted by atomic mass is 32.2. The van der Waals surface area contributed by atoms with Gasteiger partial charge in [0.1, 0.15) is 5.82 Å². The van der Waals surface area contributed by atoms with E-state index in [4.69, 9.17) is 0 Å². The van der Waals surface area contributed by atoms with E-state index in [1.807, 2.05) is 0 Å². The topological polar surface area (TPSA) is 66.4 Å². The maximum absolute atomic E-state index is 13.3. The van der Waals surface area contributed by atoms with Gasteiger partial charge in [-0.1, -0.05) is 18.2 Å². The van der Waals surface area contributed by atoms with Crippen LogP contribution in [0.4, 0.5) is 4.39 Å². The van der Waals surface area contributed by atoms with E-state index in [0.29, 0.717) is 5.56 Å². The molecular formula is C12H18FNO3S. The maximum Gasteiger partial charge on any atom is 0.212 e. The van der Waals surface area contributed by atoms with E-state index in [-0.39, 0.29) is 18.7 Å². The van der Waals surface area contributed by atoms with E-state index in [1.54, 1.807) is 18.2 Å². The summed E-state index contributed by atoms with van der Waals surface area (Å²) in [7, 11) is -3.51. The van der Waals surface area contributed by atoms with Gasteiger partial charge in [-0.25, -0.2) is 17.5 Å². The van der Waals surface area contributed by atoms with Crippen molar-refractivity contribution in [1.82, 2.24) is 4.72 Å². The minimum atomic E-state index is -3.51. The number of aliphatic hydroxyl groups is 1. The Bertz CT molecular complexity index is 494. The second-order valence-electron chi connectivity index (χ2n) is 4.79. The molecule has 0 heterocycles. The maximum atomic E-state index is 13.3. The zero-order valence-electron chi connectivity index (χ0n) is 10.5. The van der Waals surface area contributed by atoms with E-state index >= 15 is 0 Å². The normalized spacial score (nSPS) is 12.7. The first kappa shape index (κ1) is 15.1. The molecule has 2 N–H and O–H groups in total. The Balaban J connectivity index is 2.55. The van der Waals surface area contributed by atoms with Gasteiger partial charge in [0.2, 0.25) is 10.0 Å². The summed E-state index contributed by atoms with van der Waals surface area (Å²) in [6.45, 7) is 2.95. The highest BCUT2D eigenvalue weighted by Crippen LogP contribution is 2.08. The van der Waals surface area contributed by atoms with Gasteiger partial charge in [-0.2, -0.15) is 0 Å². The van der Waals surface area contributed by atoms with Gasteiger partial charge in [0.05, 0.1) is 11.4 Å². The SMILES string of the molecule is CC(C)(O)CNS(=O)(=O)CCc1ccccc1F. The average Bonchev–Trinajstić information content (AvgIpc) is 2.25. The lowest BCUT2D eigenvalue weighted by atomic mass is 10.1. The molecule has 18 heavy (non-hydrogen) atoms. The minimum absolute atomic E-state index is 0.0629. The third kappa shape index (κ3) is 5.57. The Morgan fingerprint density at radius 1 is 1.33 bits per heavy atom. The van der Waals surface area contributed by atoms with Gasteiger partial charge in [0.25, 0.3) is 0 Å². The van der Waals surface area contributed by atoms with Crippen LogP contribution in [0.25, 0.3) is 0 Å². The fourth-order valence-electron chi connectivity index (χ4n) is 1.30. The van der Waals surface area contributed by atoms with Gasteiger partial charge in [-0.05, 0) is 31.9 Å². The summed E-state index contributed by atoms with van der Waals surface area (Å²) in [6.07, 6.45) is 0.105. The van der Waals surface area contributed by atoms with Crippen molar-refractivity contribution in [2.24, 2.45) is 0 Å². The summed E-state index contributed by atoms with van der Waals surface area (Å²) < 4.78 is 38.8. The number of benzene rings is 1. The molecule has 6 heteroatoms. The van der Waals surface area contributed by atoms with Crippen LogP contribution in [-0.2, 0) is 16.4 Å². The molecule has 0 bridgehead atoms. The molecule has 0 aliphatic carbocycles.